The van der Waals surface area contributed by atoms with Crippen LogP contribution in [0.3, 0.4) is 0 Å². The molecular weight excluding hydrogens is 338 g/mol. The van der Waals surface area contributed by atoms with Gasteiger partial charge in [0.15, 0.2) is 0 Å². The van der Waals surface area contributed by atoms with Crippen LogP contribution in [0, 0.1) is 0 Å². The van der Waals surface area contributed by atoms with Gasteiger partial charge in [-0.05, 0) is 43.7 Å². The third-order valence-corrected chi connectivity index (χ3v) is 5.99. The first-order valence-corrected chi connectivity index (χ1v) is 10.8. The van der Waals surface area contributed by atoms with E-state index in [0.717, 1.165) is 88.3 Å². The molecule has 152 valence electrons. The summed E-state index contributed by atoms with van der Waals surface area (Å²) < 4.78 is 0. The van der Waals surface area contributed by atoms with Gasteiger partial charge in [-0.2, -0.15) is 0 Å². The van der Waals surface area contributed by atoms with Crippen LogP contribution < -0.4 is 0 Å². The summed E-state index contributed by atoms with van der Waals surface area (Å²) in [6.45, 7) is 3.42. The summed E-state index contributed by atoms with van der Waals surface area (Å²) >= 11 is 0. The second-order valence-electron chi connectivity index (χ2n) is 7.94. The monoisotopic (exact) mass is 375 g/mol. The van der Waals surface area contributed by atoms with Crippen LogP contribution in [0.25, 0.3) is 0 Å². The molecule has 1 aliphatic heterocycles. The highest BCUT2D eigenvalue weighted by molar-refractivity contribution is 5.98. The van der Waals surface area contributed by atoms with E-state index in [0.29, 0.717) is 0 Å². The van der Waals surface area contributed by atoms with Crippen LogP contribution in [0.5, 0.6) is 0 Å². The number of amides is 1. The zero-order valence-corrected chi connectivity index (χ0v) is 17.0. The minimum absolute atomic E-state index is 0.100. The summed E-state index contributed by atoms with van der Waals surface area (Å²) in [5, 5.41) is 18.2. The number of rotatable bonds is 14. The number of hydrogen-bond donors (Lipinski definition) is 2. The van der Waals surface area contributed by atoms with Crippen molar-refractivity contribution in [2.45, 2.75) is 89.6 Å². The fourth-order valence-corrected chi connectivity index (χ4v) is 4.41. The molecule has 0 saturated carbocycles. The van der Waals surface area contributed by atoms with Crippen LogP contribution in [-0.4, -0.2) is 39.8 Å². The van der Waals surface area contributed by atoms with Crippen molar-refractivity contribution in [1.82, 2.24) is 4.90 Å². The average Bonchev–Trinajstić information content (AvgIpc) is 3.03. The Labute approximate surface area is 164 Å². The number of unbranched alkanes of at least 4 members (excludes halogenated alkanes) is 5. The lowest BCUT2D eigenvalue weighted by molar-refractivity contribution is 0.0363. The highest BCUT2D eigenvalue weighted by Crippen LogP contribution is 2.39. The van der Waals surface area contributed by atoms with Gasteiger partial charge in [-0.15, -0.1) is 0 Å². The van der Waals surface area contributed by atoms with Crippen molar-refractivity contribution in [2.24, 2.45) is 0 Å². The summed E-state index contributed by atoms with van der Waals surface area (Å²) in [6, 6.07) is 8.01. The van der Waals surface area contributed by atoms with E-state index in [1.165, 1.54) is 0 Å². The molecule has 0 unspecified atom stereocenters. The number of aliphatic hydroxyl groups is 2. The van der Waals surface area contributed by atoms with E-state index in [1.807, 2.05) is 18.2 Å². The third-order valence-electron chi connectivity index (χ3n) is 5.99. The van der Waals surface area contributed by atoms with Crippen LogP contribution in [0.4, 0.5) is 0 Å². The van der Waals surface area contributed by atoms with Gasteiger partial charge in [0.25, 0.3) is 5.91 Å². The summed E-state index contributed by atoms with van der Waals surface area (Å²) in [7, 11) is 0. The molecule has 0 bridgehead atoms. The molecule has 0 aliphatic carbocycles. The Morgan fingerprint density at radius 1 is 0.889 bits per heavy atom. The van der Waals surface area contributed by atoms with Gasteiger partial charge in [0.2, 0.25) is 0 Å². The molecule has 0 saturated heterocycles. The molecule has 0 atom stereocenters. The number of carbonyl (C=O) groups is 1. The maximum absolute atomic E-state index is 13.2. The molecule has 1 aliphatic rings. The van der Waals surface area contributed by atoms with E-state index in [1.54, 1.807) is 0 Å². The second-order valence-corrected chi connectivity index (χ2v) is 7.94. The van der Waals surface area contributed by atoms with Gasteiger partial charge in [-0.3, -0.25) is 4.79 Å². The first-order chi connectivity index (χ1) is 13.2. The first kappa shape index (κ1) is 21.9. The molecule has 0 spiro atoms. The minimum Gasteiger partial charge on any atom is -0.396 e. The predicted octanol–water partition coefficient (Wildman–Crippen LogP) is 4.68. The molecule has 1 aromatic rings. The lowest BCUT2D eigenvalue weighted by Gasteiger charge is -2.43. The smallest absolute Gasteiger partial charge is 0.254 e. The van der Waals surface area contributed by atoms with Crippen LogP contribution >= 0.6 is 0 Å². The summed E-state index contributed by atoms with van der Waals surface area (Å²) in [4.78, 5) is 15.4. The van der Waals surface area contributed by atoms with Gasteiger partial charge in [0.1, 0.15) is 0 Å². The van der Waals surface area contributed by atoms with Gasteiger partial charge in [-0.25, -0.2) is 0 Å². The fraction of sp³-hybridized carbons (Fsp3) is 0.696. The maximum Gasteiger partial charge on any atom is 0.254 e. The average molecular weight is 376 g/mol. The Morgan fingerprint density at radius 2 is 1.48 bits per heavy atom. The highest BCUT2D eigenvalue weighted by Gasteiger charge is 2.42. The van der Waals surface area contributed by atoms with Crippen molar-refractivity contribution >= 4 is 5.91 Å². The first-order valence-electron chi connectivity index (χ1n) is 10.8. The largest absolute Gasteiger partial charge is 0.396 e. The zero-order valence-electron chi connectivity index (χ0n) is 17.0. The number of fused-ring (bicyclic) bond motifs is 1. The van der Waals surface area contributed by atoms with Crippen LogP contribution in [0.2, 0.25) is 0 Å². The second kappa shape index (κ2) is 11.5. The molecule has 4 nitrogen and oxygen atoms in total. The summed E-state index contributed by atoms with van der Waals surface area (Å²) in [5.41, 5.74) is 1.91. The Balaban J connectivity index is 2.20. The Hall–Kier alpha value is -1.39. The van der Waals surface area contributed by atoms with Crippen molar-refractivity contribution in [3.63, 3.8) is 0 Å². The third kappa shape index (κ3) is 5.79. The normalized spacial score (nSPS) is 14.0. The number of nitrogens with zero attached hydrogens (tertiary/aromatic N) is 1. The lowest BCUT2D eigenvalue weighted by atomic mass is 9.80. The summed E-state index contributed by atoms with van der Waals surface area (Å²) in [5.74, 6) is 0.186. The number of hydrogen-bond acceptors (Lipinski definition) is 3. The molecule has 1 amide bonds. The molecule has 27 heavy (non-hydrogen) atoms. The number of benzene rings is 1. The van der Waals surface area contributed by atoms with Crippen LogP contribution in [0.15, 0.2) is 24.3 Å². The Bertz CT molecular complexity index is 560. The number of carbonyl (C=O) groups excluding carboxylic acids is 1. The number of aliphatic hydroxyl groups excluding tert-OH is 2. The van der Waals surface area contributed by atoms with E-state index >= 15 is 0 Å². The SMILES string of the molecule is CCCCC(CCCCCO)(CCCCCO)N1Cc2ccccc2C1=O. The standard InChI is InChI=1S/C23H37NO3/c1-2-3-14-23(15-8-4-10-17-25,16-9-5-11-18-26)24-19-20-12-6-7-13-21(20)22(24)27/h6-7,12-13,25-26H,2-5,8-11,14-19H2,1H3. The van der Waals surface area contributed by atoms with Crippen molar-refractivity contribution in [3.05, 3.63) is 35.4 Å². The van der Waals surface area contributed by atoms with Gasteiger partial charge in [0, 0.05) is 30.9 Å². The van der Waals surface area contributed by atoms with E-state index in [4.69, 9.17) is 10.2 Å². The molecule has 0 radical (unpaired) electrons. The van der Waals surface area contributed by atoms with Gasteiger partial charge < -0.3 is 15.1 Å². The van der Waals surface area contributed by atoms with Crippen molar-refractivity contribution in [1.29, 1.82) is 0 Å². The molecule has 2 rings (SSSR count). The molecule has 0 fully saturated rings. The molecular formula is C23H37NO3. The van der Waals surface area contributed by atoms with Gasteiger partial charge in [-0.1, -0.05) is 63.6 Å². The van der Waals surface area contributed by atoms with Crippen LogP contribution in [-0.2, 0) is 6.54 Å². The van der Waals surface area contributed by atoms with Crippen molar-refractivity contribution in [3.8, 4) is 0 Å². The molecule has 0 aromatic heterocycles. The van der Waals surface area contributed by atoms with Gasteiger partial charge >= 0.3 is 0 Å². The Kier molecular flexibility index (Phi) is 9.29. The van der Waals surface area contributed by atoms with E-state index in [9.17, 15) is 4.79 Å². The van der Waals surface area contributed by atoms with Crippen molar-refractivity contribution < 1.29 is 15.0 Å². The predicted molar refractivity (Wildman–Crippen MR) is 110 cm³/mol. The fourth-order valence-electron chi connectivity index (χ4n) is 4.41. The van der Waals surface area contributed by atoms with Gasteiger partial charge in [0.05, 0.1) is 0 Å². The molecule has 1 heterocycles. The highest BCUT2D eigenvalue weighted by atomic mass is 16.3. The lowest BCUT2D eigenvalue weighted by Crippen LogP contribution is -2.49. The van der Waals surface area contributed by atoms with E-state index in [-0.39, 0.29) is 24.7 Å². The summed E-state index contributed by atoms with van der Waals surface area (Å²) in [6.07, 6.45) is 11.1. The van der Waals surface area contributed by atoms with E-state index in [2.05, 4.69) is 17.9 Å². The van der Waals surface area contributed by atoms with Crippen LogP contribution in [0.1, 0.15) is 93.5 Å². The molecule has 2 N–H and O–H groups in total. The van der Waals surface area contributed by atoms with Crippen molar-refractivity contribution in [2.75, 3.05) is 13.2 Å². The zero-order chi connectivity index (χ0) is 19.5. The quantitative estimate of drug-likeness (QED) is 0.464. The molecule has 4 heteroatoms. The minimum atomic E-state index is -0.100. The maximum atomic E-state index is 13.2. The molecule has 1 aromatic carbocycles. The topological polar surface area (TPSA) is 60.8 Å². The van der Waals surface area contributed by atoms with E-state index < -0.39 is 0 Å². The Morgan fingerprint density at radius 3 is 2.04 bits per heavy atom.